The van der Waals surface area contributed by atoms with Gasteiger partial charge in [-0.05, 0) is 43.5 Å². The van der Waals surface area contributed by atoms with Crippen LogP contribution in [0.1, 0.15) is 43.4 Å². The number of aromatic nitrogens is 1. The average molecular weight is 216 g/mol. The summed E-state index contributed by atoms with van der Waals surface area (Å²) < 4.78 is 0. The summed E-state index contributed by atoms with van der Waals surface area (Å²) in [6.45, 7) is 2.16. The van der Waals surface area contributed by atoms with E-state index in [2.05, 4.69) is 29.2 Å². The third-order valence-corrected chi connectivity index (χ3v) is 2.86. The standard InChI is InChI=1S/C14H20N2/c1-4-6-7-8-14(15-3)13-9-10-16-11-12(13)5-2/h1,9-11,14-15H,5-8H2,2-3H3. The summed E-state index contributed by atoms with van der Waals surface area (Å²) in [5, 5.41) is 3.36. The fourth-order valence-corrected chi connectivity index (χ4v) is 1.94. The molecule has 0 bridgehead atoms. The zero-order valence-corrected chi connectivity index (χ0v) is 10.2. The average Bonchev–Trinajstić information content (AvgIpc) is 2.35. The van der Waals surface area contributed by atoms with Crippen LogP contribution in [0, 0.1) is 12.3 Å². The minimum Gasteiger partial charge on any atom is -0.313 e. The SMILES string of the molecule is C#CCCCC(NC)c1ccncc1CC. The number of rotatable bonds is 6. The van der Waals surface area contributed by atoms with Crippen LogP contribution in [-0.4, -0.2) is 12.0 Å². The molecule has 1 rings (SSSR count). The first-order valence-electron chi connectivity index (χ1n) is 5.87. The molecule has 0 saturated carbocycles. The minimum atomic E-state index is 0.395. The monoisotopic (exact) mass is 216 g/mol. The quantitative estimate of drug-likeness (QED) is 0.584. The maximum absolute atomic E-state index is 5.27. The van der Waals surface area contributed by atoms with Crippen molar-refractivity contribution in [1.82, 2.24) is 10.3 Å². The van der Waals surface area contributed by atoms with Crippen LogP contribution in [0.25, 0.3) is 0 Å². The molecule has 0 spiro atoms. The Hall–Kier alpha value is -1.33. The van der Waals surface area contributed by atoms with Gasteiger partial charge in [-0.15, -0.1) is 12.3 Å². The highest BCUT2D eigenvalue weighted by molar-refractivity contribution is 5.26. The number of hydrogen-bond donors (Lipinski definition) is 1. The molecule has 0 aliphatic heterocycles. The van der Waals surface area contributed by atoms with Crippen molar-refractivity contribution in [2.75, 3.05) is 7.05 Å². The van der Waals surface area contributed by atoms with Gasteiger partial charge in [-0.25, -0.2) is 0 Å². The lowest BCUT2D eigenvalue weighted by Crippen LogP contribution is -2.18. The zero-order chi connectivity index (χ0) is 11.8. The molecule has 0 amide bonds. The van der Waals surface area contributed by atoms with Crippen molar-refractivity contribution >= 4 is 0 Å². The predicted molar refractivity (Wildman–Crippen MR) is 68.1 cm³/mol. The summed E-state index contributed by atoms with van der Waals surface area (Å²) in [7, 11) is 2.00. The summed E-state index contributed by atoms with van der Waals surface area (Å²) in [5.41, 5.74) is 2.68. The Bertz CT molecular complexity index is 352. The smallest absolute Gasteiger partial charge is 0.0321 e. The zero-order valence-electron chi connectivity index (χ0n) is 10.2. The first-order chi connectivity index (χ1) is 7.83. The molecule has 0 aromatic carbocycles. The number of nitrogens with zero attached hydrogens (tertiary/aromatic N) is 1. The second kappa shape index (κ2) is 7.03. The van der Waals surface area contributed by atoms with Gasteiger partial charge >= 0.3 is 0 Å². The van der Waals surface area contributed by atoms with E-state index in [4.69, 9.17) is 6.42 Å². The fourth-order valence-electron chi connectivity index (χ4n) is 1.94. The van der Waals surface area contributed by atoms with Crippen LogP contribution in [0.2, 0.25) is 0 Å². The maximum Gasteiger partial charge on any atom is 0.0321 e. The normalized spacial score (nSPS) is 12.1. The van der Waals surface area contributed by atoms with Gasteiger partial charge in [-0.2, -0.15) is 0 Å². The summed E-state index contributed by atoms with van der Waals surface area (Å²) >= 11 is 0. The molecular formula is C14H20N2. The van der Waals surface area contributed by atoms with Gasteiger partial charge < -0.3 is 5.32 Å². The highest BCUT2D eigenvalue weighted by Gasteiger charge is 2.11. The summed E-state index contributed by atoms with van der Waals surface area (Å²) in [4.78, 5) is 4.17. The van der Waals surface area contributed by atoms with Crippen LogP contribution < -0.4 is 5.32 Å². The van der Waals surface area contributed by atoms with E-state index in [9.17, 15) is 0 Å². The molecule has 0 saturated heterocycles. The number of terminal acetylenes is 1. The van der Waals surface area contributed by atoms with Crippen molar-refractivity contribution in [3.8, 4) is 12.3 Å². The Morgan fingerprint density at radius 2 is 2.38 bits per heavy atom. The summed E-state index contributed by atoms with van der Waals surface area (Å²) in [5.74, 6) is 2.69. The molecule has 0 fully saturated rings. The number of hydrogen-bond acceptors (Lipinski definition) is 2. The Kier molecular flexibility index (Phi) is 5.60. The van der Waals surface area contributed by atoms with Crippen LogP contribution >= 0.6 is 0 Å². The van der Waals surface area contributed by atoms with Crippen molar-refractivity contribution < 1.29 is 0 Å². The first-order valence-corrected chi connectivity index (χ1v) is 5.87. The van der Waals surface area contributed by atoms with E-state index in [0.29, 0.717) is 6.04 Å². The molecular weight excluding hydrogens is 196 g/mol. The summed E-state index contributed by atoms with van der Waals surface area (Å²) in [6, 6.07) is 2.50. The van der Waals surface area contributed by atoms with Crippen LogP contribution in [0.3, 0.4) is 0 Å². The minimum absolute atomic E-state index is 0.395. The van der Waals surface area contributed by atoms with Gasteiger partial charge in [0.25, 0.3) is 0 Å². The third kappa shape index (κ3) is 3.36. The molecule has 1 unspecified atom stereocenters. The van der Waals surface area contributed by atoms with Crippen LogP contribution in [0.4, 0.5) is 0 Å². The van der Waals surface area contributed by atoms with E-state index in [0.717, 1.165) is 25.7 Å². The molecule has 1 N–H and O–H groups in total. The first kappa shape index (κ1) is 12.7. The van der Waals surface area contributed by atoms with Gasteiger partial charge in [0, 0.05) is 24.9 Å². The van der Waals surface area contributed by atoms with E-state index >= 15 is 0 Å². The van der Waals surface area contributed by atoms with Gasteiger partial charge in [0.2, 0.25) is 0 Å². The van der Waals surface area contributed by atoms with Crippen LogP contribution in [-0.2, 0) is 6.42 Å². The van der Waals surface area contributed by atoms with Crippen molar-refractivity contribution in [3.63, 3.8) is 0 Å². The van der Waals surface area contributed by atoms with E-state index in [1.165, 1.54) is 11.1 Å². The van der Waals surface area contributed by atoms with Gasteiger partial charge in [0.05, 0.1) is 0 Å². The van der Waals surface area contributed by atoms with E-state index in [1.807, 2.05) is 19.4 Å². The number of aryl methyl sites for hydroxylation is 1. The second-order valence-electron chi connectivity index (χ2n) is 3.87. The van der Waals surface area contributed by atoms with Crippen molar-refractivity contribution in [2.45, 2.75) is 38.6 Å². The molecule has 86 valence electrons. The van der Waals surface area contributed by atoms with Crippen molar-refractivity contribution in [1.29, 1.82) is 0 Å². The van der Waals surface area contributed by atoms with Gasteiger partial charge in [-0.3, -0.25) is 4.98 Å². The molecule has 0 aliphatic carbocycles. The van der Waals surface area contributed by atoms with Gasteiger partial charge in [0.1, 0.15) is 0 Å². The lowest BCUT2D eigenvalue weighted by atomic mass is 9.97. The lowest BCUT2D eigenvalue weighted by Gasteiger charge is -2.18. The highest BCUT2D eigenvalue weighted by atomic mass is 14.9. The summed E-state index contributed by atoms with van der Waals surface area (Å²) in [6.07, 6.45) is 13.1. The predicted octanol–water partition coefficient (Wildman–Crippen LogP) is 2.71. The third-order valence-electron chi connectivity index (χ3n) is 2.86. The van der Waals surface area contributed by atoms with Gasteiger partial charge in [-0.1, -0.05) is 6.92 Å². The van der Waals surface area contributed by atoms with Gasteiger partial charge in [0.15, 0.2) is 0 Å². The molecule has 1 heterocycles. The Labute approximate surface area is 98.5 Å². The Balaban J connectivity index is 2.74. The molecule has 1 aromatic heterocycles. The molecule has 1 atom stereocenters. The molecule has 0 radical (unpaired) electrons. The topological polar surface area (TPSA) is 24.9 Å². The molecule has 1 aromatic rings. The van der Waals surface area contributed by atoms with Crippen molar-refractivity contribution in [3.05, 3.63) is 29.6 Å². The van der Waals surface area contributed by atoms with E-state index in [-0.39, 0.29) is 0 Å². The number of pyridine rings is 1. The maximum atomic E-state index is 5.27. The largest absolute Gasteiger partial charge is 0.313 e. The number of nitrogens with one attached hydrogen (secondary N) is 1. The molecule has 0 aliphatic rings. The highest BCUT2D eigenvalue weighted by Crippen LogP contribution is 2.22. The number of unbranched alkanes of at least 4 members (excludes halogenated alkanes) is 1. The Morgan fingerprint density at radius 3 is 3.00 bits per heavy atom. The van der Waals surface area contributed by atoms with Crippen molar-refractivity contribution in [2.24, 2.45) is 0 Å². The van der Waals surface area contributed by atoms with Crippen LogP contribution in [0.15, 0.2) is 18.5 Å². The molecule has 16 heavy (non-hydrogen) atoms. The fraction of sp³-hybridized carbons (Fsp3) is 0.500. The van der Waals surface area contributed by atoms with E-state index in [1.54, 1.807) is 0 Å². The lowest BCUT2D eigenvalue weighted by molar-refractivity contribution is 0.528. The van der Waals surface area contributed by atoms with E-state index < -0.39 is 0 Å². The second-order valence-corrected chi connectivity index (χ2v) is 3.87. The Morgan fingerprint density at radius 1 is 1.56 bits per heavy atom. The molecule has 2 heteroatoms. The van der Waals surface area contributed by atoms with Crippen LogP contribution in [0.5, 0.6) is 0 Å². The molecule has 2 nitrogen and oxygen atoms in total.